The number of rotatable bonds is 17. The molecule has 0 unspecified atom stereocenters. The van der Waals surface area contributed by atoms with Gasteiger partial charge in [0.15, 0.2) is 0 Å². The van der Waals surface area contributed by atoms with Crippen molar-refractivity contribution in [1.82, 2.24) is 78.0 Å². The molecule has 3 aliphatic rings. The standard InChI is InChI=1S/C73H87F2N17O15/c1-38-64(98)86-55(26-43-34-79-51-19-15-45(74)28-49(43)51)66(100)87-56(27-44-35-80-52-20-16-46(75)29-50(44)52)67(101)89-59(32-62(95)96)70(104)88-57(30-47-36-78-37-82-47)68(102)90-60(25-41-13-17-48(107-4)18-14-41)71(105)92-23-7-21-73(92,3)72(106)91-54(63(77)97)24-40-9-11-42(12-10-40)33-81-61(94)31-58(84-39(2)93)69(103)85-53(65(99)83-38)8-5-6-22-76/h9-20,28-29,34-38,53-60,79-80H,5-8,21-27,30-33,76H2,1-4H3,(H2,77,97)(H,78,82)(H,81,94)(H,83,99)(H,84,93)(H,85,103)(H,86,98)(H,87,100)(H,88,104)(H,89,101)(H,90,102)(H,91,106)(H,95,96)/t38-,53+,54+,55+,56+,57+,58+,59+,60+,73+/m1/s1. The van der Waals surface area contributed by atoms with Crippen LogP contribution in [0.3, 0.4) is 0 Å². The summed E-state index contributed by atoms with van der Waals surface area (Å²) in [5, 5.41) is 36.8. The first-order valence-electron chi connectivity index (χ1n) is 34.8. The Hall–Kier alpha value is -12.1. The molecule has 0 saturated carbocycles. The van der Waals surface area contributed by atoms with Crippen molar-refractivity contribution in [3.8, 4) is 5.75 Å². The Labute approximate surface area is 611 Å². The Bertz CT molecular complexity index is 4440. The number of carboxylic acids is 1. The molecule has 32 nitrogen and oxygen atoms in total. The van der Waals surface area contributed by atoms with Gasteiger partial charge in [-0.05, 0) is 129 Å². The molecule has 34 heteroatoms. The number of unbranched alkanes of at least 4 members (excludes halogenated alkanes) is 1. The van der Waals surface area contributed by atoms with Crippen molar-refractivity contribution >= 4 is 98.7 Å². The average Bonchev–Trinajstić information content (AvgIpc) is 1.68. The highest BCUT2D eigenvalue weighted by Crippen LogP contribution is 2.32. The monoisotopic (exact) mass is 1480 g/mol. The summed E-state index contributed by atoms with van der Waals surface area (Å²) in [5.41, 5.74) is 13.1. The van der Waals surface area contributed by atoms with Crippen molar-refractivity contribution in [3.63, 3.8) is 0 Å². The van der Waals surface area contributed by atoms with E-state index in [0.29, 0.717) is 39.9 Å². The molecule has 2 bridgehead atoms. The van der Waals surface area contributed by atoms with Crippen molar-refractivity contribution in [2.45, 2.75) is 164 Å². The summed E-state index contributed by atoms with van der Waals surface area (Å²) in [6.45, 7) is 3.91. The molecule has 107 heavy (non-hydrogen) atoms. The molecular formula is C73H87F2N17O15. The Morgan fingerprint density at radius 3 is 1.76 bits per heavy atom. The number of ether oxygens (including phenoxy) is 1. The average molecular weight is 1480 g/mol. The van der Waals surface area contributed by atoms with Gasteiger partial charge in [-0.3, -0.25) is 62.3 Å². The second kappa shape index (κ2) is 36.1. The zero-order valence-electron chi connectivity index (χ0n) is 59.2. The Balaban J connectivity index is 1.10. The fraction of sp³-hybridized carbons (Fsp3) is 0.397. The minimum absolute atomic E-state index is 0.0179. The molecule has 10 atom stereocenters. The van der Waals surface area contributed by atoms with Crippen LogP contribution in [0.1, 0.15) is 99.2 Å². The summed E-state index contributed by atoms with van der Waals surface area (Å²) in [4.78, 5) is 200. The van der Waals surface area contributed by atoms with Crippen LogP contribution in [0.25, 0.3) is 21.8 Å². The number of carbonyl (C=O) groups excluding carboxylic acids is 12. The molecule has 0 radical (unpaired) electrons. The highest BCUT2D eigenvalue weighted by molar-refractivity contribution is 6.01. The predicted molar refractivity (Wildman–Crippen MR) is 382 cm³/mol. The van der Waals surface area contributed by atoms with Gasteiger partial charge >= 0.3 is 5.97 Å². The molecule has 4 aromatic carbocycles. The Kier molecular flexibility index (Phi) is 26.6. The molecular weight excluding hydrogens is 1390 g/mol. The lowest BCUT2D eigenvalue weighted by Crippen LogP contribution is -2.63. The maximum atomic E-state index is 15.3. The lowest BCUT2D eigenvalue weighted by atomic mass is 9.94. The normalized spacial score (nSPS) is 23.2. The highest BCUT2D eigenvalue weighted by atomic mass is 19.1. The molecule has 568 valence electrons. The van der Waals surface area contributed by atoms with E-state index in [0.717, 1.165) is 19.1 Å². The van der Waals surface area contributed by atoms with E-state index in [4.69, 9.17) is 16.2 Å². The molecule has 3 aromatic heterocycles. The Morgan fingerprint density at radius 2 is 1.20 bits per heavy atom. The lowest BCUT2D eigenvalue weighted by Gasteiger charge is -2.37. The molecule has 18 N–H and O–H groups in total. The molecule has 0 aliphatic carbocycles. The van der Waals surface area contributed by atoms with Crippen LogP contribution in [0.15, 0.2) is 110 Å². The number of H-pyrrole nitrogens is 3. The van der Waals surface area contributed by atoms with Gasteiger partial charge in [-0.1, -0.05) is 36.4 Å². The largest absolute Gasteiger partial charge is 0.497 e. The van der Waals surface area contributed by atoms with Crippen LogP contribution in [-0.2, 0) is 101 Å². The van der Waals surface area contributed by atoms with Crippen LogP contribution < -0.4 is 69.4 Å². The summed E-state index contributed by atoms with van der Waals surface area (Å²) < 4.78 is 35.4. The third kappa shape index (κ3) is 21.1. The molecule has 7 aromatic rings. The van der Waals surface area contributed by atoms with Gasteiger partial charge in [-0.15, -0.1) is 0 Å². The molecule has 3 aliphatic heterocycles. The van der Waals surface area contributed by atoms with Crippen LogP contribution in [-0.4, -0.2) is 187 Å². The third-order valence-electron chi connectivity index (χ3n) is 18.8. The minimum Gasteiger partial charge on any atom is -0.497 e. The number of hydrogen-bond acceptors (Lipinski definition) is 16. The number of methoxy groups -OCH3 is 1. The van der Waals surface area contributed by atoms with Gasteiger partial charge < -0.3 is 94.3 Å². The molecule has 1 fully saturated rings. The molecule has 0 spiro atoms. The van der Waals surface area contributed by atoms with E-state index in [9.17, 15) is 52.6 Å². The van der Waals surface area contributed by atoms with E-state index in [1.54, 1.807) is 48.5 Å². The first-order chi connectivity index (χ1) is 51.1. The second-order valence-electron chi connectivity index (χ2n) is 26.8. The summed E-state index contributed by atoms with van der Waals surface area (Å²) in [5.74, 6) is -14.0. The van der Waals surface area contributed by atoms with Crippen molar-refractivity contribution in [2.75, 3.05) is 20.2 Å². The first kappa shape index (κ1) is 79.0. The van der Waals surface area contributed by atoms with Crippen LogP contribution in [0.2, 0.25) is 0 Å². The first-order valence-corrected chi connectivity index (χ1v) is 34.8. The summed E-state index contributed by atoms with van der Waals surface area (Å²) >= 11 is 0. The number of hydrogen-bond donors (Lipinski definition) is 16. The number of aliphatic carboxylic acids is 1. The van der Waals surface area contributed by atoms with E-state index >= 15 is 23.6 Å². The summed E-state index contributed by atoms with van der Waals surface area (Å²) in [6.07, 6.45) is 2.86. The summed E-state index contributed by atoms with van der Waals surface area (Å²) in [7, 11) is 1.45. The van der Waals surface area contributed by atoms with E-state index in [1.807, 2.05) is 0 Å². The van der Waals surface area contributed by atoms with E-state index in [2.05, 4.69) is 73.1 Å². The zero-order valence-corrected chi connectivity index (χ0v) is 59.2. The smallest absolute Gasteiger partial charge is 0.305 e. The van der Waals surface area contributed by atoms with Gasteiger partial charge in [0.05, 0.1) is 26.3 Å². The number of benzene rings is 4. The van der Waals surface area contributed by atoms with Gasteiger partial charge in [0.1, 0.15) is 77.3 Å². The lowest BCUT2D eigenvalue weighted by molar-refractivity contribution is -0.147. The number of fused-ring (bicyclic) bond motifs is 33. The number of aromatic nitrogens is 4. The summed E-state index contributed by atoms with van der Waals surface area (Å²) in [6, 6.07) is 5.70. The number of primary amides is 1. The van der Waals surface area contributed by atoms with Crippen LogP contribution in [0.5, 0.6) is 5.75 Å². The SMILES string of the molecule is COc1ccc(C[C@@H]2NC(=O)[C@H](Cc3cnc[nH]3)NC(=O)[C@H](CC(=O)O)NC(=O)[C@H](Cc3c[nH]c4ccc(F)cc34)NC(=O)[C@H](Cc3c[nH]c4ccc(F)cc34)NC(=O)[C@@H](C)NC(=O)[C@H](CCCCN)NC(=O)[C@@H](NC(C)=O)CC(=O)NCc3ccc(cc3)C[C@@H](C(N)=O)NC(=O)[C@]3(C)CCCN3C2=O)cc1. The molecule has 1 saturated heterocycles. The fourth-order valence-electron chi connectivity index (χ4n) is 12.9. The number of aromatic amines is 3. The van der Waals surface area contributed by atoms with Crippen molar-refractivity contribution in [1.29, 1.82) is 0 Å². The molecule has 10 rings (SSSR count). The third-order valence-corrected chi connectivity index (χ3v) is 18.8. The van der Waals surface area contributed by atoms with Crippen molar-refractivity contribution < 1.29 is 81.0 Å². The number of carbonyl (C=O) groups is 13. The van der Waals surface area contributed by atoms with E-state index < -0.39 is 181 Å². The van der Waals surface area contributed by atoms with E-state index in [1.165, 1.54) is 75.0 Å². The zero-order chi connectivity index (χ0) is 77.2. The maximum absolute atomic E-state index is 15.3. The van der Waals surface area contributed by atoms with Gasteiger partial charge in [0.2, 0.25) is 70.9 Å². The minimum atomic E-state index is -2.08. The number of nitrogens with zero attached hydrogens (tertiary/aromatic N) is 2. The quantitative estimate of drug-likeness (QED) is 0.0424. The van der Waals surface area contributed by atoms with Crippen LogP contribution in [0, 0.1) is 11.6 Å². The topological polar surface area (TPSA) is 487 Å². The van der Waals surface area contributed by atoms with Crippen molar-refractivity contribution in [3.05, 3.63) is 155 Å². The number of nitrogens with two attached hydrogens (primary N) is 2. The number of nitrogens with one attached hydrogen (secondary N) is 13. The van der Waals surface area contributed by atoms with Gasteiger partial charge in [-0.25, -0.2) is 13.8 Å². The number of imidazole rings is 1. The highest BCUT2D eigenvalue weighted by Gasteiger charge is 2.49. The van der Waals surface area contributed by atoms with Crippen LogP contribution in [0.4, 0.5) is 8.78 Å². The number of carboxylic acid groups (broad SMARTS) is 1. The molecule has 6 heterocycles. The van der Waals surface area contributed by atoms with E-state index in [-0.39, 0.29) is 85.8 Å². The van der Waals surface area contributed by atoms with Gasteiger partial charge in [-0.2, -0.15) is 0 Å². The Morgan fingerprint density at radius 1 is 0.645 bits per heavy atom. The van der Waals surface area contributed by atoms with Gasteiger partial charge in [0, 0.05) is 98.2 Å². The van der Waals surface area contributed by atoms with Crippen LogP contribution >= 0.6 is 0 Å². The van der Waals surface area contributed by atoms with Gasteiger partial charge in [0.25, 0.3) is 0 Å². The fourth-order valence-corrected chi connectivity index (χ4v) is 12.9. The second-order valence-corrected chi connectivity index (χ2v) is 26.8. The predicted octanol–water partition coefficient (Wildman–Crippen LogP) is 0.0654. The maximum Gasteiger partial charge on any atom is 0.305 e. The number of halogens is 2. The molecule has 12 amide bonds. The van der Waals surface area contributed by atoms with Crippen molar-refractivity contribution in [2.24, 2.45) is 11.5 Å². The number of amides is 12.